The topological polar surface area (TPSA) is 195 Å². The number of anilines is 1. The summed E-state index contributed by atoms with van der Waals surface area (Å²) in [6.07, 6.45) is 1.06. The molecular formula is C12H8N8O6. The van der Waals surface area contributed by atoms with Crippen molar-refractivity contribution >= 4 is 22.6 Å². The number of H-pyrrole nitrogens is 1. The third kappa shape index (κ3) is 2.91. The van der Waals surface area contributed by atoms with Crippen LogP contribution < -0.4 is 14.8 Å². The highest BCUT2D eigenvalue weighted by Crippen LogP contribution is 2.49. The molecule has 1 aromatic carbocycles. The van der Waals surface area contributed by atoms with Crippen molar-refractivity contribution in [2.75, 3.05) is 18.5 Å². The highest BCUT2D eigenvalue weighted by atomic mass is 16.6. The van der Waals surface area contributed by atoms with Crippen molar-refractivity contribution in [1.82, 2.24) is 20.6 Å². The minimum Gasteiger partial charge on any atom is -0.486 e. The SMILES string of the molecule is N#CC(=CNc1cc2c(c([N+](=O)[O-])c1[N+](=O)[O-])OCCO2)c1nn[nH]n1. The van der Waals surface area contributed by atoms with E-state index in [0.29, 0.717) is 0 Å². The Morgan fingerprint density at radius 3 is 2.65 bits per heavy atom. The van der Waals surface area contributed by atoms with Crippen molar-refractivity contribution in [3.63, 3.8) is 0 Å². The summed E-state index contributed by atoms with van der Waals surface area (Å²) >= 11 is 0. The number of aromatic amines is 1. The number of nitro groups is 2. The van der Waals surface area contributed by atoms with E-state index >= 15 is 0 Å². The van der Waals surface area contributed by atoms with Crippen LogP contribution in [0, 0.1) is 31.6 Å². The van der Waals surface area contributed by atoms with Crippen molar-refractivity contribution in [2.45, 2.75) is 0 Å². The number of hydrogen-bond donors (Lipinski definition) is 2. The lowest BCUT2D eigenvalue weighted by atomic mass is 10.2. The molecule has 0 amide bonds. The summed E-state index contributed by atoms with van der Waals surface area (Å²) in [5.41, 5.74) is -2.05. The smallest absolute Gasteiger partial charge is 0.393 e. The molecule has 0 aliphatic carbocycles. The molecule has 3 rings (SSSR count). The van der Waals surface area contributed by atoms with Gasteiger partial charge in [0.1, 0.15) is 30.5 Å². The fourth-order valence-corrected chi connectivity index (χ4v) is 2.20. The lowest BCUT2D eigenvalue weighted by molar-refractivity contribution is -0.422. The van der Waals surface area contributed by atoms with Crippen molar-refractivity contribution < 1.29 is 19.3 Å². The first-order valence-electron chi connectivity index (χ1n) is 6.89. The number of fused-ring (bicyclic) bond motifs is 1. The zero-order chi connectivity index (χ0) is 18.7. The van der Waals surface area contributed by atoms with Gasteiger partial charge in [-0.1, -0.05) is 0 Å². The zero-order valence-electron chi connectivity index (χ0n) is 12.7. The maximum absolute atomic E-state index is 11.4. The first kappa shape index (κ1) is 16.6. The minimum absolute atomic E-state index is 0.0219. The predicted octanol–water partition coefficient (Wildman–Crippen LogP) is 0.764. The van der Waals surface area contributed by atoms with E-state index in [4.69, 9.17) is 14.7 Å². The van der Waals surface area contributed by atoms with Crippen LogP contribution in [0.25, 0.3) is 5.57 Å². The van der Waals surface area contributed by atoms with E-state index in [1.54, 1.807) is 6.07 Å². The quantitative estimate of drug-likeness (QED) is 0.434. The number of benzene rings is 1. The van der Waals surface area contributed by atoms with Crippen LogP contribution in [0.3, 0.4) is 0 Å². The highest BCUT2D eigenvalue weighted by molar-refractivity contribution is 5.83. The van der Waals surface area contributed by atoms with Gasteiger partial charge in [-0.05, 0) is 5.21 Å². The van der Waals surface area contributed by atoms with Gasteiger partial charge in [-0.2, -0.15) is 10.5 Å². The van der Waals surface area contributed by atoms with Gasteiger partial charge in [-0.25, -0.2) is 0 Å². The Labute approximate surface area is 143 Å². The molecule has 14 heteroatoms. The van der Waals surface area contributed by atoms with Crippen molar-refractivity contribution in [2.24, 2.45) is 0 Å². The molecule has 0 radical (unpaired) electrons. The van der Waals surface area contributed by atoms with E-state index in [1.807, 2.05) is 0 Å². The maximum Gasteiger partial charge on any atom is 0.393 e. The molecule has 1 aliphatic rings. The molecule has 2 aromatic rings. The molecule has 2 N–H and O–H groups in total. The number of rotatable bonds is 5. The van der Waals surface area contributed by atoms with E-state index in [1.165, 1.54) is 6.07 Å². The molecule has 0 fully saturated rings. The van der Waals surface area contributed by atoms with Gasteiger partial charge < -0.3 is 14.8 Å². The number of nitro benzene ring substituents is 2. The summed E-state index contributed by atoms with van der Waals surface area (Å²) < 4.78 is 10.4. The van der Waals surface area contributed by atoms with E-state index in [0.717, 1.165) is 6.20 Å². The van der Waals surface area contributed by atoms with E-state index in [2.05, 4.69) is 25.9 Å². The van der Waals surface area contributed by atoms with Crippen molar-refractivity contribution in [3.05, 3.63) is 38.3 Å². The molecule has 1 aromatic heterocycles. The molecule has 2 heterocycles. The summed E-state index contributed by atoms with van der Waals surface area (Å²) in [5.74, 6) is -0.404. The van der Waals surface area contributed by atoms with Gasteiger partial charge in [0.2, 0.25) is 11.6 Å². The number of allylic oxidation sites excluding steroid dienone is 1. The number of hydrogen-bond acceptors (Lipinski definition) is 11. The zero-order valence-corrected chi connectivity index (χ0v) is 12.7. The Morgan fingerprint density at radius 2 is 2.04 bits per heavy atom. The number of nitriles is 1. The number of nitrogens with one attached hydrogen (secondary N) is 2. The molecule has 132 valence electrons. The molecule has 26 heavy (non-hydrogen) atoms. The molecule has 0 saturated carbocycles. The van der Waals surface area contributed by atoms with Crippen LogP contribution in [-0.2, 0) is 0 Å². The van der Waals surface area contributed by atoms with Crippen LogP contribution in [0.15, 0.2) is 12.3 Å². The Bertz CT molecular complexity index is 948. The summed E-state index contributed by atoms with van der Waals surface area (Å²) in [5, 5.41) is 47.1. The van der Waals surface area contributed by atoms with Gasteiger partial charge in [0.15, 0.2) is 5.75 Å². The van der Waals surface area contributed by atoms with Crippen LogP contribution in [0.5, 0.6) is 11.5 Å². The third-order valence-electron chi connectivity index (χ3n) is 3.22. The van der Waals surface area contributed by atoms with E-state index < -0.39 is 21.2 Å². The maximum atomic E-state index is 11.4. The Morgan fingerprint density at radius 1 is 1.31 bits per heavy atom. The van der Waals surface area contributed by atoms with Crippen LogP contribution in [-0.4, -0.2) is 43.7 Å². The minimum atomic E-state index is -0.926. The summed E-state index contributed by atoms with van der Waals surface area (Å²) in [6.45, 7) is 0.150. The molecule has 0 bridgehead atoms. The van der Waals surface area contributed by atoms with E-state index in [9.17, 15) is 20.2 Å². The lowest BCUT2D eigenvalue weighted by Crippen LogP contribution is -2.17. The Kier molecular flexibility index (Phi) is 4.26. The second-order valence-corrected chi connectivity index (χ2v) is 4.71. The molecule has 0 spiro atoms. The predicted molar refractivity (Wildman–Crippen MR) is 82.1 cm³/mol. The second-order valence-electron chi connectivity index (χ2n) is 4.71. The molecule has 0 saturated heterocycles. The van der Waals surface area contributed by atoms with Crippen LogP contribution in [0.2, 0.25) is 0 Å². The second kappa shape index (κ2) is 6.68. The van der Waals surface area contributed by atoms with Gasteiger partial charge in [0, 0.05) is 12.3 Å². The van der Waals surface area contributed by atoms with Gasteiger partial charge in [0.05, 0.1) is 9.85 Å². The molecule has 14 nitrogen and oxygen atoms in total. The molecule has 0 unspecified atom stereocenters. The lowest BCUT2D eigenvalue weighted by Gasteiger charge is -2.19. The third-order valence-corrected chi connectivity index (χ3v) is 3.22. The number of tetrazole rings is 1. The average molecular weight is 360 g/mol. The number of nitrogens with zero attached hydrogens (tertiary/aromatic N) is 6. The molecule has 1 aliphatic heterocycles. The molecule has 0 atom stereocenters. The largest absolute Gasteiger partial charge is 0.486 e. The monoisotopic (exact) mass is 360 g/mol. The fraction of sp³-hybridized carbons (Fsp3) is 0.167. The first-order valence-corrected chi connectivity index (χ1v) is 6.89. The van der Waals surface area contributed by atoms with Crippen molar-refractivity contribution in [1.29, 1.82) is 5.26 Å². The molecular weight excluding hydrogens is 352 g/mol. The first-order chi connectivity index (χ1) is 12.5. The fourth-order valence-electron chi connectivity index (χ4n) is 2.20. The Hall–Kier alpha value is -4.28. The number of aromatic nitrogens is 4. The van der Waals surface area contributed by atoms with Gasteiger partial charge in [0.25, 0.3) is 0 Å². The summed E-state index contributed by atoms with van der Waals surface area (Å²) in [7, 11) is 0. The normalized spacial score (nSPS) is 13.0. The van der Waals surface area contributed by atoms with Gasteiger partial charge >= 0.3 is 11.4 Å². The van der Waals surface area contributed by atoms with Gasteiger partial charge in [-0.15, -0.1) is 10.2 Å². The van der Waals surface area contributed by atoms with E-state index in [-0.39, 0.29) is 41.8 Å². The van der Waals surface area contributed by atoms with Crippen LogP contribution in [0.4, 0.5) is 17.1 Å². The van der Waals surface area contributed by atoms with Gasteiger partial charge in [-0.3, -0.25) is 20.2 Å². The highest BCUT2D eigenvalue weighted by Gasteiger charge is 2.38. The standard InChI is InChI=1S/C12H8N8O6/c13-4-6(12-15-17-18-16-12)5-14-7-3-8-11(26-2-1-25-8)10(20(23)24)9(7)19(21)22/h3,5,14H,1-2H2,(H,15,16,17,18). The average Bonchev–Trinajstić information content (AvgIpc) is 3.15. The van der Waals surface area contributed by atoms with Crippen molar-refractivity contribution in [3.8, 4) is 17.6 Å². The number of ether oxygens (including phenoxy) is 2. The summed E-state index contributed by atoms with van der Waals surface area (Å²) in [4.78, 5) is 20.9. The Balaban J connectivity index is 2.12. The van der Waals surface area contributed by atoms with Crippen LogP contribution in [0.1, 0.15) is 5.82 Å². The van der Waals surface area contributed by atoms with Crippen LogP contribution >= 0.6 is 0 Å². The summed E-state index contributed by atoms with van der Waals surface area (Å²) in [6, 6.07) is 2.96.